The van der Waals surface area contributed by atoms with Gasteiger partial charge >= 0.3 is 6.03 Å². The zero-order chi connectivity index (χ0) is 16.7. The van der Waals surface area contributed by atoms with Gasteiger partial charge in [-0.15, -0.1) is 0 Å². The van der Waals surface area contributed by atoms with Crippen LogP contribution in [0.4, 0.5) is 9.18 Å². The molecule has 0 radical (unpaired) electrons. The van der Waals surface area contributed by atoms with Gasteiger partial charge in [-0.2, -0.15) is 0 Å². The number of imide groups is 1. The first-order chi connectivity index (χ1) is 11.6. The van der Waals surface area contributed by atoms with E-state index in [2.05, 4.69) is 5.32 Å². The molecular weight excluding hydrogens is 307 g/mol. The summed E-state index contributed by atoms with van der Waals surface area (Å²) in [7, 11) is 0. The SMILES string of the molecule is O=C1NC2(CCCc3ccccc32)C(=O)N1Cc1ccccc1F. The predicted octanol–water partition coefficient (Wildman–Crippen LogP) is 3.11. The van der Waals surface area contributed by atoms with Crippen molar-refractivity contribution in [3.05, 3.63) is 71.0 Å². The zero-order valence-corrected chi connectivity index (χ0v) is 13.1. The summed E-state index contributed by atoms with van der Waals surface area (Å²) in [5.74, 6) is -0.703. The summed E-state index contributed by atoms with van der Waals surface area (Å²) in [6.45, 7) is -0.0543. The number of halogens is 1. The van der Waals surface area contributed by atoms with Crippen LogP contribution in [0.5, 0.6) is 0 Å². The van der Waals surface area contributed by atoms with E-state index in [4.69, 9.17) is 0 Å². The van der Waals surface area contributed by atoms with Gasteiger partial charge in [-0.1, -0.05) is 42.5 Å². The Labute approximate surface area is 139 Å². The topological polar surface area (TPSA) is 49.4 Å². The number of aryl methyl sites for hydroxylation is 1. The molecular formula is C19H17FN2O2. The molecule has 4 nitrogen and oxygen atoms in total. The second kappa shape index (κ2) is 5.44. The second-order valence-electron chi connectivity index (χ2n) is 6.33. The number of fused-ring (bicyclic) bond motifs is 2. The van der Waals surface area contributed by atoms with Crippen LogP contribution < -0.4 is 5.32 Å². The highest BCUT2D eigenvalue weighted by molar-refractivity contribution is 6.07. The summed E-state index contributed by atoms with van der Waals surface area (Å²) in [6, 6.07) is 13.5. The van der Waals surface area contributed by atoms with Crippen LogP contribution in [0, 0.1) is 5.82 Å². The third-order valence-electron chi connectivity index (χ3n) is 4.94. The lowest BCUT2D eigenvalue weighted by Gasteiger charge is -2.33. The molecule has 0 bridgehead atoms. The Bertz CT molecular complexity index is 836. The first-order valence-corrected chi connectivity index (χ1v) is 8.08. The van der Waals surface area contributed by atoms with Crippen molar-refractivity contribution in [2.45, 2.75) is 31.3 Å². The number of hydrogen-bond acceptors (Lipinski definition) is 2. The van der Waals surface area contributed by atoms with Crippen molar-refractivity contribution >= 4 is 11.9 Å². The number of carbonyl (C=O) groups excluding carboxylic acids is 2. The highest BCUT2D eigenvalue weighted by atomic mass is 19.1. The van der Waals surface area contributed by atoms with Crippen LogP contribution in [-0.2, 0) is 23.3 Å². The predicted molar refractivity (Wildman–Crippen MR) is 86.5 cm³/mol. The largest absolute Gasteiger partial charge is 0.325 e. The molecule has 1 N–H and O–H groups in total. The molecule has 0 aromatic heterocycles. The third kappa shape index (κ3) is 2.12. The van der Waals surface area contributed by atoms with Crippen LogP contribution in [0.25, 0.3) is 0 Å². The molecule has 1 atom stereocenters. The van der Waals surface area contributed by atoms with E-state index in [0.717, 1.165) is 28.9 Å². The van der Waals surface area contributed by atoms with Gasteiger partial charge in [0.2, 0.25) is 0 Å². The van der Waals surface area contributed by atoms with Crippen molar-refractivity contribution in [1.82, 2.24) is 10.2 Å². The van der Waals surface area contributed by atoms with Gasteiger partial charge in [-0.3, -0.25) is 9.69 Å². The van der Waals surface area contributed by atoms with Crippen LogP contribution in [0.2, 0.25) is 0 Å². The number of rotatable bonds is 2. The van der Waals surface area contributed by atoms with Crippen molar-refractivity contribution in [2.24, 2.45) is 0 Å². The quantitative estimate of drug-likeness (QED) is 0.863. The first kappa shape index (κ1) is 14.9. The van der Waals surface area contributed by atoms with E-state index in [0.29, 0.717) is 12.0 Å². The van der Waals surface area contributed by atoms with E-state index >= 15 is 0 Å². The van der Waals surface area contributed by atoms with E-state index in [9.17, 15) is 14.0 Å². The van der Waals surface area contributed by atoms with E-state index in [1.807, 2.05) is 24.3 Å². The summed E-state index contributed by atoms with van der Waals surface area (Å²) >= 11 is 0. The normalized spacial score (nSPS) is 22.6. The second-order valence-corrected chi connectivity index (χ2v) is 6.33. The van der Waals surface area contributed by atoms with Gasteiger partial charge in [0.15, 0.2) is 0 Å². The van der Waals surface area contributed by atoms with Crippen molar-refractivity contribution in [1.29, 1.82) is 0 Å². The van der Waals surface area contributed by atoms with Gasteiger partial charge in [0, 0.05) is 5.56 Å². The number of nitrogens with zero attached hydrogens (tertiary/aromatic N) is 1. The minimum absolute atomic E-state index is 0.0543. The zero-order valence-electron chi connectivity index (χ0n) is 13.1. The molecule has 24 heavy (non-hydrogen) atoms. The van der Waals surface area contributed by atoms with E-state index in [1.54, 1.807) is 18.2 Å². The molecule has 1 heterocycles. The monoisotopic (exact) mass is 324 g/mol. The maximum atomic E-state index is 13.9. The molecule has 1 saturated heterocycles. The van der Waals surface area contributed by atoms with Crippen molar-refractivity contribution in [2.75, 3.05) is 0 Å². The summed E-state index contributed by atoms with van der Waals surface area (Å²) in [5, 5.41) is 2.88. The lowest BCUT2D eigenvalue weighted by atomic mass is 9.76. The fraction of sp³-hybridized carbons (Fsp3) is 0.263. The van der Waals surface area contributed by atoms with E-state index in [-0.39, 0.29) is 12.5 Å². The summed E-state index contributed by atoms with van der Waals surface area (Å²) in [5.41, 5.74) is 1.29. The minimum atomic E-state index is -1.00. The first-order valence-electron chi connectivity index (χ1n) is 8.08. The van der Waals surface area contributed by atoms with Crippen molar-refractivity contribution in [3.8, 4) is 0 Å². The Balaban J connectivity index is 1.71. The highest BCUT2D eigenvalue weighted by Crippen LogP contribution is 2.40. The fourth-order valence-corrected chi connectivity index (χ4v) is 3.75. The molecule has 1 aliphatic heterocycles. The average Bonchev–Trinajstić information content (AvgIpc) is 2.82. The molecule has 5 heteroatoms. The van der Waals surface area contributed by atoms with E-state index in [1.165, 1.54) is 6.07 Å². The molecule has 1 fully saturated rings. The van der Waals surface area contributed by atoms with Gasteiger partial charge in [0.25, 0.3) is 5.91 Å². The molecule has 1 aliphatic carbocycles. The number of nitrogens with one attached hydrogen (secondary N) is 1. The lowest BCUT2D eigenvalue weighted by Crippen LogP contribution is -2.46. The van der Waals surface area contributed by atoms with Gasteiger partial charge in [0.05, 0.1) is 6.54 Å². The molecule has 1 unspecified atom stereocenters. The average molecular weight is 324 g/mol. The van der Waals surface area contributed by atoms with Crippen molar-refractivity contribution in [3.63, 3.8) is 0 Å². The molecule has 2 aromatic rings. The smallest absolute Gasteiger partial charge is 0.319 e. The molecule has 0 saturated carbocycles. The molecule has 3 amide bonds. The Hall–Kier alpha value is -2.69. The lowest BCUT2D eigenvalue weighted by molar-refractivity contribution is -0.132. The Morgan fingerprint density at radius 3 is 2.67 bits per heavy atom. The molecule has 4 rings (SSSR count). The van der Waals surface area contributed by atoms with Gasteiger partial charge in [0.1, 0.15) is 11.4 Å². The summed E-state index contributed by atoms with van der Waals surface area (Å²) < 4.78 is 13.9. The Morgan fingerprint density at radius 1 is 1.08 bits per heavy atom. The minimum Gasteiger partial charge on any atom is -0.319 e. The number of urea groups is 1. The van der Waals surface area contributed by atoms with Crippen LogP contribution in [0.15, 0.2) is 48.5 Å². The maximum Gasteiger partial charge on any atom is 0.325 e. The Kier molecular flexibility index (Phi) is 3.37. The van der Waals surface area contributed by atoms with Crippen LogP contribution in [0.3, 0.4) is 0 Å². The Morgan fingerprint density at radius 2 is 1.83 bits per heavy atom. The molecule has 2 aromatic carbocycles. The summed E-state index contributed by atoms with van der Waals surface area (Å²) in [4.78, 5) is 26.7. The maximum absolute atomic E-state index is 13.9. The van der Waals surface area contributed by atoms with E-state index < -0.39 is 17.4 Å². The molecule has 2 aliphatic rings. The van der Waals surface area contributed by atoms with Crippen molar-refractivity contribution < 1.29 is 14.0 Å². The van der Waals surface area contributed by atoms with Crippen LogP contribution in [0.1, 0.15) is 29.5 Å². The summed E-state index contributed by atoms with van der Waals surface area (Å²) in [6.07, 6.45) is 2.30. The fourth-order valence-electron chi connectivity index (χ4n) is 3.75. The number of benzene rings is 2. The van der Waals surface area contributed by atoms with Crippen LogP contribution in [-0.4, -0.2) is 16.8 Å². The number of carbonyl (C=O) groups is 2. The van der Waals surface area contributed by atoms with Crippen LogP contribution >= 0.6 is 0 Å². The molecule has 1 spiro atoms. The van der Waals surface area contributed by atoms with Gasteiger partial charge in [-0.05, 0) is 36.5 Å². The number of hydrogen-bond donors (Lipinski definition) is 1. The molecule has 122 valence electrons. The third-order valence-corrected chi connectivity index (χ3v) is 4.94. The highest BCUT2D eigenvalue weighted by Gasteiger charge is 2.53. The number of amides is 3. The van der Waals surface area contributed by atoms with Gasteiger partial charge < -0.3 is 5.32 Å². The standard InChI is InChI=1S/C19H17FN2O2/c20-16-10-4-2-7-14(16)12-22-17(23)19(21-18(22)24)11-5-8-13-6-1-3-9-15(13)19/h1-4,6-7,9-10H,5,8,11-12H2,(H,21,24). The van der Waals surface area contributed by atoms with Gasteiger partial charge in [-0.25, -0.2) is 9.18 Å².